The van der Waals surface area contributed by atoms with E-state index in [4.69, 9.17) is 4.74 Å². The Bertz CT molecular complexity index is 1100. The van der Waals surface area contributed by atoms with Gasteiger partial charge in [-0.3, -0.25) is 4.79 Å². The number of carbonyl (C=O) groups is 1. The van der Waals surface area contributed by atoms with Crippen molar-refractivity contribution in [2.24, 2.45) is 0 Å². The Hall–Kier alpha value is -3.47. The molecule has 0 aliphatic carbocycles. The Morgan fingerprint density at radius 2 is 1.67 bits per heavy atom. The van der Waals surface area contributed by atoms with Gasteiger partial charge in [0.1, 0.15) is 0 Å². The van der Waals surface area contributed by atoms with Gasteiger partial charge < -0.3 is 19.6 Å². The minimum Gasteiger partial charge on any atom is -0.504 e. The smallest absolute Gasteiger partial charge is 0.235 e. The molecule has 1 aliphatic heterocycles. The maximum Gasteiger partial charge on any atom is 0.235 e. The maximum atomic E-state index is 14.0. The zero-order valence-electron chi connectivity index (χ0n) is 19.8. The van der Waals surface area contributed by atoms with Gasteiger partial charge in [-0.1, -0.05) is 50.2 Å². The normalized spacial score (nSPS) is 15.0. The molecule has 0 fully saturated rings. The number of anilines is 2. The summed E-state index contributed by atoms with van der Waals surface area (Å²) in [5.41, 5.74) is 5.03. The summed E-state index contributed by atoms with van der Waals surface area (Å²) in [6.07, 6.45) is 0.579. The first-order valence-electron chi connectivity index (χ1n) is 11.5. The van der Waals surface area contributed by atoms with Gasteiger partial charge in [-0.05, 0) is 53.8 Å². The lowest BCUT2D eigenvalue weighted by molar-refractivity contribution is -0.120. The molecule has 0 radical (unpaired) electrons. The predicted octanol–water partition coefficient (Wildman–Crippen LogP) is 5.68. The molecule has 0 saturated heterocycles. The summed E-state index contributed by atoms with van der Waals surface area (Å²) in [6, 6.07) is 21.8. The zero-order valence-corrected chi connectivity index (χ0v) is 19.8. The van der Waals surface area contributed by atoms with E-state index in [9.17, 15) is 9.90 Å². The highest BCUT2D eigenvalue weighted by molar-refractivity contribution is 5.98. The molecule has 0 bridgehead atoms. The SMILES string of the molecule is CC(C)c1ccc(N(Cc2ccc(N(C)C)cc2)C(=O)C2CCOc3c(O)cccc32)cc1. The average Bonchev–Trinajstić information content (AvgIpc) is 2.82. The molecule has 0 saturated carbocycles. The molecule has 33 heavy (non-hydrogen) atoms. The summed E-state index contributed by atoms with van der Waals surface area (Å²) in [7, 11) is 4.03. The molecule has 0 aromatic heterocycles. The van der Waals surface area contributed by atoms with Crippen LogP contribution in [-0.4, -0.2) is 31.7 Å². The average molecular weight is 445 g/mol. The fourth-order valence-electron chi connectivity index (χ4n) is 4.27. The quantitative estimate of drug-likeness (QED) is 0.531. The molecule has 5 heteroatoms. The number of carbonyl (C=O) groups excluding carboxylic acids is 1. The van der Waals surface area contributed by atoms with E-state index >= 15 is 0 Å². The summed E-state index contributed by atoms with van der Waals surface area (Å²) in [5, 5.41) is 10.2. The number of hydrogen-bond donors (Lipinski definition) is 1. The Labute approximate surface area is 196 Å². The molecular weight excluding hydrogens is 412 g/mol. The van der Waals surface area contributed by atoms with Crippen LogP contribution in [-0.2, 0) is 11.3 Å². The number of fused-ring (bicyclic) bond motifs is 1. The second kappa shape index (κ2) is 9.57. The lowest BCUT2D eigenvalue weighted by Crippen LogP contribution is -2.36. The van der Waals surface area contributed by atoms with Crippen molar-refractivity contribution >= 4 is 17.3 Å². The second-order valence-electron chi connectivity index (χ2n) is 9.12. The van der Waals surface area contributed by atoms with Crippen LogP contribution in [0.1, 0.15) is 48.8 Å². The van der Waals surface area contributed by atoms with Gasteiger partial charge in [-0.15, -0.1) is 0 Å². The predicted molar refractivity (Wildman–Crippen MR) is 133 cm³/mol. The first-order chi connectivity index (χ1) is 15.8. The number of para-hydroxylation sites is 1. The van der Waals surface area contributed by atoms with E-state index in [0.717, 1.165) is 22.5 Å². The summed E-state index contributed by atoms with van der Waals surface area (Å²) in [5.74, 6) is 0.572. The van der Waals surface area contributed by atoms with Gasteiger partial charge in [0.2, 0.25) is 5.91 Å². The molecule has 1 atom stereocenters. The first-order valence-corrected chi connectivity index (χ1v) is 11.5. The Morgan fingerprint density at radius 3 is 2.30 bits per heavy atom. The summed E-state index contributed by atoms with van der Waals surface area (Å²) in [6.45, 7) is 5.20. The third-order valence-electron chi connectivity index (χ3n) is 6.28. The number of phenols is 1. The number of aromatic hydroxyl groups is 1. The van der Waals surface area contributed by atoms with Gasteiger partial charge in [0.15, 0.2) is 11.5 Å². The number of hydrogen-bond acceptors (Lipinski definition) is 4. The van der Waals surface area contributed by atoms with Gasteiger partial charge in [-0.25, -0.2) is 0 Å². The monoisotopic (exact) mass is 444 g/mol. The van der Waals surface area contributed by atoms with E-state index in [1.807, 2.05) is 37.2 Å². The molecule has 1 aliphatic rings. The summed E-state index contributed by atoms with van der Waals surface area (Å²) < 4.78 is 5.69. The van der Waals surface area contributed by atoms with Gasteiger partial charge in [-0.2, -0.15) is 0 Å². The molecule has 5 nitrogen and oxygen atoms in total. The molecule has 3 aromatic rings. The van der Waals surface area contributed by atoms with Gasteiger partial charge >= 0.3 is 0 Å². The highest BCUT2D eigenvalue weighted by Crippen LogP contribution is 2.41. The van der Waals surface area contributed by atoms with E-state index in [0.29, 0.717) is 31.2 Å². The standard InChI is InChI=1S/C28H32N2O3/c1-19(2)21-10-14-23(15-11-21)30(18-20-8-12-22(13-9-20)29(3)4)28(32)25-16-17-33-27-24(25)6-5-7-26(27)31/h5-15,19,25,31H,16-18H2,1-4H3. The summed E-state index contributed by atoms with van der Waals surface area (Å²) >= 11 is 0. The number of nitrogens with zero attached hydrogens (tertiary/aromatic N) is 2. The molecular formula is C28H32N2O3. The van der Waals surface area contributed by atoms with Crippen molar-refractivity contribution in [1.82, 2.24) is 0 Å². The number of benzene rings is 3. The van der Waals surface area contributed by atoms with Crippen LogP contribution in [0.25, 0.3) is 0 Å². The van der Waals surface area contributed by atoms with Crippen LogP contribution in [0.2, 0.25) is 0 Å². The molecule has 1 unspecified atom stereocenters. The van der Waals surface area contributed by atoms with Crippen molar-refractivity contribution in [3.63, 3.8) is 0 Å². The van der Waals surface area contributed by atoms with Crippen LogP contribution in [0.5, 0.6) is 11.5 Å². The molecule has 3 aromatic carbocycles. The highest BCUT2D eigenvalue weighted by atomic mass is 16.5. The molecule has 172 valence electrons. The van der Waals surface area contributed by atoms with Crippen molar-refractivity contribution in [3.8, 4) is 11.5 Å². The van der Waals surface area contributed by atoms with Crippen LogP contribution in [0.4, 0.5) is 11.4 Å². The van der Waals surface area contributed by atoms with Crippen molar-refractivity contribution in [2.75, 3.05) is 30.5 Å². The van der Waals surface area contributed by atoms with Crippen LogP contribution < -0.4 is 14.5 Å². The number of ether oxygens (including phenoxy) is 1. The minimum atomic E-state index is -0.369. The van der Waals surface area contributed by atoms with Crippen LogP contribution in [0.3, 0.4) is 0 Å². The number of phenolic OH excluding ortho intramolecular Hbond substituents is 1. The van der Waals surface area contributed by atoms with Gasteiger partial charge in [0, 0.05) is 31.0 Å². The Balaban J connectivity index is 1.69. The van der Waals surface area contributed by atoms with Crippen LogP contribution in [0, 0.1) is 0 Å². The van der Waals surface area contributed by atoms with E-state index in [2.05, 4.69) is 55.1 Å². The third-order valence-corrected chi connectivity index (χ3v) is 6.28. The number of amides is 1. The largest absolute Gasteiger partial charge is 0.504 e. The Kier molecular flexibility index (Phi) is 6.59. The first kappa shape index (κ1) is 22.7. The van der Waals surface area contributed by atoms with E-state index in [1.165, 1.54) is 5.56 Å². The van der Waals surface area contributed by atoms with Crippen molar-refractivity contribution in [3.05, 3.63) is 83.4 Å². The molecule has 0 spiro atoms. The molecule has 1 amide bonds. The second-order valence-corrected chi connectivity index (χ2v) is 9.12. The fourth-order valence-corrected chi connectivity index (χ4v) is 4.27. The topological polar surface area (TPSA) is 53.0 Å². The molecule has 1 heterocycles. The Morgan fingerprint density at radius 1 is 1.00 bits per heavy atom. The zero-order chi connectivity index (χ0) is 23.5. The fraction of sp³-hybridized carbons (Fsp3) is 0.321. The van der Waals surface area contributed by atoms with Gasteiger partial charge in [0.25, 0.3) is 0 Å². The third kappa shape index (κ3) is 4.82. The minimum absolute atomic E-state index is 0.0131. The van der Waals surface area contributed by atoms with E-state index in [1.54, 1.807) is 12.1 Å². The van der Waals surface area contributed by atoms with Gasteiger partial charge in [0.05, 0.1) is 19.1 Å². The number of rotatable bonds is 6. The molecule has 4 rings (SSSR count). The summed E-state index contributed by atoms with van der Waals surface area (Å²) in [4.78, 5) is 17.9. The van der Waals surface area contributed by atoms with Crippen molar-refractivity contribution in [1.29, 1.82) is 0 Å². The highest BCUT2D eigenvalue weighted by Gasteiger charge is 2.33. The van der Waals surface area contributed by atoms with E-state index in [-0.39, 0.29) is 17.6 Å². The van der Waals surface area contributed by atoms with E-state index < -0.39 is 0 Å². The van der Waals surface area contributed by atoms with Crippen LogP contribution >= 0.6 is 0 Å². The molecule has 1 N–H and O–H groups in total. The maximum absolute atomic E-state index is 14.0. The van der Waals surface area contributed by atoms with Crippen molar-refractivity contribution < 1.29 is 14.6 Å². The van der Waals surface area contributed by atoms with Crippen LogP contribution in [0.15, 0.2) is 66.7 Å². The van der Waals surface area contributed by atoms with Crippen molar-refractivity contribution in [2.45, 2.75) is 38.6 Å². The lowest BCUT2D eigenvalue weighted by Gasteiger charge is -2.31. The lowest BCUT2D eigenvalue weighted by atomic mass is 9.91.